The summed E-state index contributed by atoms with van der Waals surface area (Å²) in [5.74, 6) is 0. The fraction of sp³-hybridized carbons (Fsp3) is 0.750. The largest absolute Gasteiger partial charge is 0.389 e. The predicted molar refractivity (Wildman–Crippen MR) is 125 cm³/mol. The van der Waals surface area contributed by atoms with Crippen LogP contribution in [0, 0.1) is 0 Å². The molecule has 0 saturated carbocycles. The van der Waals surface area contributed by atoms with E-state index in [1.807, 2.05) is 24.3 Å². The molecular formula is C24H44N2O4. The van der Waals surface area contributed by atoms with E-state index >= 15 is 0 Å². The SMILES string of the molecule is CCCCCCOCC(O)CNc1ccc(NCC(O)COCCCCCC)cc1. The van der Waals surface area contributed by atoms with E-state index in [0.717, 1.165) is 24.2 Å². The van der Waals surface area contributed by atoms with Crippen molar-refractivity contribution in [2.24, 2.45) is 0 Å². The lowest BCUT2D eigenvalue weighted by Gasteiger charge is -2.15. The lowest BCUT2D eigenvalue weighted by Crippen LogP contribution is -2.25. The third kappa shape index (κ3) is 14.6. The average Bonchev–Trinajstić information content (AvgIpc) is 2.76. The highest BCUT2D eigenvalue weighted by molar-refractivity contribution is 5.53. The van der Waals surface area contributed by atoms with Gasteiger partial charge in [-0.1, -0.05) is 52.4 Å². The molecule has 0 aliphatic heterocycles. The number of ether oxygens (including phenoxy) is 2. The summed E-state index contributed by atoms with van der Waals surface area (Å²) in [7, 11) is 0. The van der Waals surface area contributed by atoms with Gasteiger partial charge in [0.15, 0.2) is 0 Å². The van der Waals surface area contributed by atoms with E-state index < -0.39 is 12.2 Å². The second kappa shape index (κ2) is 18.4. The van der Waals surface area contributed by atoms with Crippen LogP contribution in [-0.4, -0.2) is 61.9 Å². The number of rotatable bonds is 20. The molecule has 0 aliphatic rings. The molecule has 1 aromatic rings. The van der Waals surface area contributed by atoms with Crippen molar-refractivity contribution in [2.75, 3.05) is 50.2 Å². The van der Waals surface area contributed by atoms with E-state index in [0.29, 0.717) is 39.5 Å². The maximum absolute atomic E-state index is 10.0. The minimum Gasteiger partial charge on any atom is -0.389 e. The maximum atomic E-state index is 10.0. The number of hydrogen-bond acceptors (Lipinski definition) is 6. The monoisotopic (exact) mass is 424 g/mol. The standard InChI is InChI=1S/C24H44N2O4/c1-3-5-7-9-15-29-19-23(27)17-25-21-11-13-22(14-12-21)26-18-24(28)20-30-16-10-8-6-4-2/h11-14,23-28H,3-10,15-20H2,1-2H3. The molecule has 4 N–H and O–H groups in total. The van der Waals surface area contributed by atoms with Crippen LogP contribution in [0.1, 0.15) is 65.2 Å². The van der Waals surface area contributed by atoms with Crippen LogP contribution >= 0.6 is 0 Å². The number of nitrogens with one attached hydrogen (secondary N) is 2. The van der Waals surface area contributed by atoms with Gasteiger partial charge in [-0.3, -0.25) is 0 Å². The molecule has 0 fully saturated rings. The zero-order chi connectivity index (χ0) is 21.9. The van der Waals surface area contributed by atoms with Gasteiger partial charge < -0.3 is 30.3 Å². The third-order valence-corrected chi connectivity index (χ3v) is 4.87. The lowest BCUT2D eigenvalue weighted by molar-refractivity contribution is 0.0416. The molecule has 0 radical (unpaired) electrons. The molecular weight excluding hydrogens is 380 g/mol. The Bertz CT molecular complexity index is 453. The van der Waals surface area contributed by atoms with Crippen molar-refractivity contribution in [3.63, 3.8) is 0 Å². The fourth-order valence-electron chi connectivity index (χ4n) is 3.00. The van der Waals surface area contributed by atoms with Crippen LogP contribution < -0.4 is 10.6 Å². The van der Waals surface area contributed by atoms with Crippen molar-refractivity contribution < 1.29 is 19.7 Å². The molecule has 6 nitrogen and oxygen atoms in total. The van der Waals surface area contributed by atoms with Crippen molar-refractivity contribution in [1.82, 2.24) is 0 Å². The molecule has 2 atom stereocenters. The van der Waals surface area contributed by atoms with Crippen LogP contribution in [-0.2, 0) is 9.47 Å². The first-order valence-electron chi connectivity index (χ1n) is 11.7. The van der Waals surface area contributed by atoms with Crippen LogP contribution in [0.5, 0.6) is 0 Å². The van der Waals surface area contributed by atoms with Crippen molar-refractivity contribution in [1.29, 1.82) is 0 Å². The third-order valence-electron chi connectivity index (χ3n) is 4.87. The second-order valence-corrected chi connectivity index (χ2v) is 7.92. The minimum absolute atomic E-state index is 0.358. The van der Waals surface area contributed by atoms with E-state index in [4.69, 9.17) is 9.47 Å². The van der Waals surface area contributed by atoms with E-state index in [2.05, 4.69) is 24.5 Å². The average molecular weight is 425 g/mol. The number of aliphatic hydroxyl groups is 2. The summed E-state index contributed by atoms with van der Waals surface area (Å²) >= 11 is 0. The van der Waals surface area contributed by atoms with E-state index in [9.17, 15) is 10.2 Å². The van der Waals surface area contributed by atoms with Crippen LogP contribution in [0.25, 0.3) is 0 Å². The molecule has 0 saturated heterocycles. The molecule has 0 spiro atoms. The highest BCUT2D eigenvalue weighted by atomic mass is 16.5. The normalized spacial score (nSPS) is 13.2. The Morgan fingerprint density at radius 3 is 1.43 bits per heavy atom. The minimum atomic E-state index is -0.522. The first kappa shape index (κ1) is 26.7. The molecule has 0 heterocycles. The van der Waals surface area contributed by atoms with E-state index in [1.54, 1.807) is 0 Å². The van der Waals surface area contributed by atoms with Crippen LogP contribution in [0.15, 0.2) is 24.3 Å². The smallest absolute Gasteiger partial charge is 0.0945 e. The Hall–Kier alpha value is -1.34. The quantitative estimate of drug-likeness (QED) is 0.232. The highest BCUT2D eigenvalue weighted by Crippen LogP contribution is 2.13. The number of benzene rings is 1. The van der Waals surface area contributed by atoms with Gasteiger partial charge in [0.1, 0.15) is 0 Å². The van der Waals surface area contributed by atoms with Crippen molar-refractivity contribution in [2.45, 2.75) is 77.4 Å². The van der Waals surface area contributed by atoms with Gasteiger partial charge >= 0.3 is 0 Å². The van der Waals surface area contributed by atoms with E-state index in [1.165, 1.54) is 38.5 Å². The first-order valence-corrected chi connectivity index (χ1v) is 11.7. The molecule has 0 aromatic heterocycles. The van der Waals surface area contributed by atoms with Gasteiger partial charge in [0.05, 0.1) is 25.4 Å². The Morgan fingerprint density at radius 2 is 1.07 bits per heavy atom. The molecule has 1 rings (SSSR count). The molecule has 0 aliphatic carbocycles. The fourth-order valence-corrected chi connectivity index (χ4v) is 3.00. The molecule has 2 unspecified atom stereocenters. The van der Waals surface area contributed by atoms with Gasteiger partial charge in [-0.05, 0) is 37.1 Å². The lowest BCUT2D eigenvalue weighted by atomic mass is 10.2. The Labute approximate surface area is 183 Å². The number of aliphatic hydroxyl groups excluding tert-OH is 2. The van der Waals surface area contributed by atoms with Gasteiger partial charge in [-0.15, -0.1) is 0 Å². The summed E-state index contributed by atoms with van der Waals surface area (Å²) in [6.45, 7) is 7.43. The summed E-state index contributed by atoms with van der Waals surface area (Å²) in [5, 5.41) is 26.4. The zero-order valence-corrected chi connectivity index (χ0v) is 19.1. The Kier molecular flexibility index (Phi) is 16.4. The Balaban J connectivity index is 2.10. The Morgan fingerprint density at radius 1 is 0.667 bits per heavy atom. The molecule has 0 amide bonds. The van der Waals surface area contributed by atoms with Gasteiger partial charge in [-0.25, -0.2) is 0 Å². The molecule has 1 aromatic carbocycles. The summed E-state index contributed by atoms with van der Waals surface area (Å²) in [6.07, 6.45) is 8.36. The first-order chi connectivity index (χ1) is 14.7. The summed E-state index contributed by atoms with van der Waals surface area (Å²) in [4.78, 5) is 0. The summed E-state index contributed by atoms with van der Waals surface area (Å²) < 4.78 is 11.0. The number of anilines is 2. The van der Waals surface area contributed by atoms with Gasteiger partial charge in [-0.2, -0.15) is 0 Å². The summed E-state index contributed by atoms with van der Waals surface area (Å²) in [5.41, 5.74) is 1.89. The van der Waals surface area contributed by atoms with E-state index in [-0.39, 0.29) is 0 Å². The van der Waals surface area contributed by atoms with Gasteiger partial charge in [0, 0.05) is 37.7 Å². The maximum Gasteiger partial charge on any atom is 0.0945 e. The predicted octanol–water partition coefficient (Wildman–Crippen LogP) is 4.43. The number of unbranched alkanes of at least 4 members (excludes halogenated alkanes) is 6. The topological polar surface area (TPSA) is 83.0 Å². The number of hydrogen-bond donors (Lipinski definition) is 4. The van der Waals surface area contributed by atoms with Crippen molar-refractivity contribution >= 4 is 11.4 Å². The van der Waals surface area contributed by atoms with Crippen LogP contribution in [0.2, 0.25) is 0 Å². The van der Waals surface area contributed by atoms with Crippen LogP contribution in [0.3, 0.4) is 0 Å². The molecule has 0 bridgehead atoms. The highest BCUT2D eigenvalue weighted by Gasteiger charge is 2.06. The second-order valence-electron chi connectivity index (χ2n) is 7.92. The van der Waals surface area contributed by atoms with Gasteiger partial charge in [0.2, 0.25) is 0 Å². The van der Waals surface area contributed by atoms with Crippen LogP contribution in [0.4, 0.5) is 11.4 Å². The van der Waals surface area contributed by atoms with Gasteiger partial charge in [0.25, 0.3) is 0 Å². The van der Waals surface area contributed by atoms with Crippen molar-refractivity contribution in [3.05, 3.63) is 24.3 Å². The van der Waals surface area contributed by atoms with Crippen molar-refractivity contribution in [3.8, 4) is 0 Å². The molecule has 174 valence electrons. The summed E-state index contributed by atoms with van der Waals surface area (Å²) in [6, 6.07) is 7.82. The molecule has 30 heavy (non-hydrogen) atoms. The molecule has 6 heteroatoms. The zero-order valence-electron chi connectivity index (χ0n) is 19.1.